The lowest BCUT2D eigenvalue weighted by Gasteiger charge is -2.09. The SMILES string of the molecule is Cc1ccc(NC(=O)C2CC2c2cn(-c3ccccc3)nc2-c2ccc(OCCC(C)C)cc2)cc1. The van der Waals surface area contributed by atoms with Gasteiger partial charge in [-0.25, -0.2) is 4.68 Å². The minimum absolute atomic E-state index is 0.0582. The molecule has 1 aromatic heterocycles. The number of hydrogen-bond donors (Lipinski definition) is 1. The van der Waals surface area contributed by atoms with E-state index in [-0.39, 0.29) is 17.7 Å². The first-order valence-corrected chi connectivity index (χ1v) is 12.7. The largest absolute Gasteiger partial charge is 0.494 e. The van der Waals surface area contributed by atoms with Crippen molar-refractivity contribution in [3.63, 3.8) is 0 Å². The van der Waals surface area contributed by atoms with Crippen molar-refractivity contribution in [1.29, 1.82) is 0 Å². The summed E-state index contributed by atoms with van der Waals surface area (Å²) in [4.78, 5) is 13.0. The summed E-state index contributed by atoms with van der Waals surface area (Å²) in [6.07, 6.45) is 3.93. The Kier molecular flexibility index (Phi) is 6.90. The highest BCUT2D eigenvalue weighted by molar-refractivity contribution is 5.95. The van der Waals surface area contributed by atoms with Crippen molar-refractivity contribution < 1.29 is 9.53 Å². The lowest BCUT2D eigenvalue weighted by Crippen LogP contribution is -2.14. The van der Waals surface area contributed by atoms with Gasteiger partial charge in [0.2, 0.25) is 5.91 Å². The fourth-order valence-electron chi connectivity index (χ4n) is 4.42. The quantitative estimate of drug-likeness (QED) is 0.281. The second kappa shape index (κ2) is 10.4. The molecule has 1 aliphatic carbocycles. The molecule has 1 aliphatic rings. The predicted octanol–water partition coefficient (Wildman–Crippen LogP) is 7.01. The van der Waals surface area contributed by atoms with Crippen LogP contribution in [-0.4, -0.2) is 22.3 Å². The predicted molar refractivity (Wildman–Crippen MR) is 145 cm³/mol. The van der Waals surface area contributed by atoms with Crippen molar-refractivity contribution >= 4 is 11.6 Å². The van der Waals surface area contributed by atoms with Crippen LogP contribution in [0, 0.1) is 18.8 Å². The molecule has 3 aromatic carbocycles. The van der Waals surface area contributed by atoms with Crippen molar-refractivity contribution in [1.82, 2.24) is 9.78 Å². The third kappa shape index (κ3) is 5.51. The van der Waals surface area contributed by atoms with E-state index >= 15 is 0 Å². The highest BCUT2D eigenvalue weighted by Crippen LogP contribution is 2.51. The summed E-state index contributed by atoms with van der Waals surface area (Å²) in [6.45, 7) is 7.15. The number of para-hydroxylation sites is 1. The van der Waals surface area contributed by atoms with Crippen LogP contribution in [0.4, 0.5) is 5.69 Å². The Bertz CT molecular complexity index is 1310. The van der Waals surface area contributed by atoms with Crippen LogP contribution in [0.15, 0.2) is 85.1 Å². The number of aromatic nitrogens is 2. The number of rotatable bonds is 9. The maximum Gasteiger partial charge on any atom is 0.228 e. The number of hydrogen-bond acceptors (Lipinski definition) is 3. The number of nitrogens with zero attached hydrogens (tertiary/aromatic N) is 2. The van der Waals surface area contributed by atoms with Gasteiger partial charge in [0, 0.05) is 34.8 Å². The number of amides is 1. The highest BCUT2D eigenvalue weighted by Gasteiger charge is 2.46. The van der Waals surface area contributed by atoms with Gasteiger partial charge < -0.3 is 10.1 Å². The zero-order chi connectivity index (χ0) is 25.1. The summed E-state index contributed by atoms with van der Waals surface area (Å²) in [5.41, 5.74) is 6.07. The van der Waals surface area contributed by atoms with Crippen molar-refractivity contribution in [2.24, 2.45) is 11.8 Å². The standard InChI is InChI=1S/C31H33N3O2/c1-21(2)17-18-36-26-15-11-23(12-16-26)30-29(20-34(33-30)25-7-5-4-6-8-25)27-19-28(27)31(35)32-24-13-9-22(3)10-14-24/h4-16,20-21,27-28H,17-19H2,1-3H3,(H,32,35). The van der Waals surface area contributed by atoms with Crippen molar-refractivity contribution in [3.8, 4) is 22.7 Å². The van der Waals surface area contributed by atoms with Gasteiger partial charge in [-0.2, -0.15) is 5.10 Å². The first-order chi connectivity index (χ1) is 17.5. The Labute approximate surface area is 213 Å². The van der Waals surface area contributed by atoms with Crippen LogP contribution in [-0.2, 0) is 4.79 Å². The molecule has 1 heterocycles. The molecular formula is C31H33N3O2. The Balaban J connectivity index is 1.38. The third-order valence-electron chi connectivity index (χ3n) is 6.70. The number of aryl methyl sites for hydroxylation is 1. The lowest BCUT2D eigenvalue weighted by atomic mass is 10.0. The maximum absolute atomic E-state index is 13.0. The minimum atomic E-state index is -0.0582. The smallest absolute Gasteiger partial charge is 0.228 e. The van der Waals surface area contributed by atoms with E-state index in [0.717, 1.165) is 46.8 Å². The normalized spacial score (nSPS) is 16.7. The van der Waals surface area contributed by atoms with Gasteiger partial charge in [-0.05, 0) is 74.2 Å². The molecule has 1 N–H and O–H groups in total. The van der Waals surface area contributed by atoms with Crippen LogP contribution in [0.3, 0.4) is 0 Å². The molecular weight excluding hydrogens is 446 g/mol. The van der Waals surface area contributed by atoms with Gasteiger partial charge in [0.1, 0.15) is 5.75 Å². The minimum Gasteiger partial charge on any atom is -0.494 e. The summed E-state index contributed by atoms with van der Waals surface area (Å²) in [6, 6.07) is 26.2. The first-order valence-electron chi connectivity index (χ1n) is 12.7. The molecule has 5 rings (SSSR count). The fourth-order valence-corrected chi connectivity index (χ4v) is 4.42. The maximum atomic E-state index is 13.0. The molecule has 5 nitrogen and oxygen atoms in total. The Morgan fingerprint density at radius 1 is 1.03 bits per heavy atom. The van der Waals surface area contributed by atoms with Crippen molar-refractivity contribution in [3.05, 3.63) is 96.2 Å². The van der Waals surface area contributed by atoms with Gasteiger partial charge in [-0.3, -0.25) is 4.79 Å². The molecule has 1 amide bonds. The monoisotopic (exact) mass is 479 g/mol. The van der Waals surface area contributed by atoms with Crippen LogP contribution < -0.4 is 10.1 Å². The lowest BCUT2D eigenvalue weighted by molar-refractivity contribution is -0.117. The highest BCUT2D eigenvalue weighted by atomic mass is 16.5. The van der Waals surface area contributed by atoms with Gasteiger partial charge in [0.25, 0.3) is 0 Å². The Morgan fingerprint density at radius 2 is 1.75 bits per heavy atom. The number of anilines is 1. The molecule has 1 fully saturated rings. The molecule has 5 heteroatoms. The fraction of sp³-hybridized carbons (Fsp3) is 0.290. The number of carbonyl (C=O) groups is 1. The zero-order valence-corrected chi connectivity index (χ0v) is 21.1. The van der Waals surface area contributed by atoms with E-state index in [9.17, 15) is 4.79 Å². The van der Waals surface area contributed by atoms with E-state index in [2.05, 4.69) is 37.5 Å². The topological polar surface area (TPSA) is 56.2 Å². The summed E-state index contributed by atoms with van der Waals surface area (Å²) < 4.78 is 7.83. The van der Waals surface area contributed by atoms with E-state index in [4.69, 9.17) is 9.84 Å². The molecule has 4 aromatic rings. The Morgan fingerprint density at radius 3 is 2.44 bits per heavy atom. The molecule has 36 heavy (non-hydrogen) atoms. The summed E-state index contributed by atoms with van der Waals surface area (Å²) in [5, 5.41) is 8.04. The number of nitrogens with one attached hydrogen (secondary N) is 1. The zero-order valence-electron chi connectivity index (χ0n) is 21.1. The van der Waals surface area contributed by atoms with E-state index < -0.39 is 0 Å². The van der Waals surface area contributed by atoms with Crippen molar-refractivity contribution in [2.75, 3.05) is 11.9 Å². The van der Waals surface area contributed by atoms with Crippen LogP contribution in [0.1, 0.15) is 43.7 Å². The van der Waals surface area contributed by atoms with Gasteiger partial charge in [-0.15, -0.1) is 0 Å². The van der Waals surface area contributed by atoms with Gasteiger partial charge in [0.05, 0.1) is 18.0 Å². The molecule has 2 unspecified atom stereocenters. The van der Waals surface area contributed by atoms with E-state index in [0.29, 0.717) is 12.5 Å². The second-order valence-corrected chi connectivity index (χ2v) is 10.1. The molecule has 0 aliphatic heterocycles. The molecule has 2 atom stereocenters. The van der Waals surface area contributed by atoms with Crippen LogP contribution >= 0.6 is 0 Å². The molecule has 0 saturated heterocycles. The molecule has 1 saturated carbocycles. The molecule has 184 valence electrons. The van der Waals surface area contributed by atoms with Crippen LogP contribution in [0.25, 0.3) is 16.9 Å². The Hall–Kier alpha value is -3.86. The average molecular weight is 480 g/mol. The van der Waals surface area contributed by atoms with Crippen molar-refractivity contribution in [2.45, 2.75) is 39.5 Å². The van der Waals surface area contributed by atoms with E-state index in [1.165, 1.54) is 5.56 Å². The van der Waals surface area contributed by atoms with Crippen LogP contribution in [0.2, 0.25) is 0 Å². The summed E-state index contributed by atoms with van der Waals surface area (Å²) in [7, 11) is 0. The van der Waals surface area contributed by atoms with E-state index in [1.807, 2.05) is 78.3 Å². The number of ether oxygens (including phenoxy) is 1. The molecule has 0 bridgehead atoms. The average Bonchev–Trinajstić information content (AvgIpc) is 3.57. The van der Waals surface area contributed by atoms with Crippen LogP contribution in [0.5, 0.6) is 5.75 Å². The van der Waals surface area contributed by atoms with Gasteiger partial charge in [0.15, 0.2) is 0 Å². The second-order valence-electron chi connectivity index (χ2n) is 10.1. The molecule has 0 spiro atoms. The number of carbonyl (C=O) groups excluding carboxylic acids is 1. The first kappa shape index (κ1) is 23.9. The number of benzene rings is 3. The van der Waals surface area contributed by atoms with Gasteiger partial charge in [-0.1, -0.05) is 49.7 Å². The third-order valence-corrected chi connectivity index (χ3v) is 6.70. The summed E-state index contributed by atoms with van der Waals surface area (Å²) >= 11 is 0. The molecule has 0 radical (unpaired) electrons. The van der Waals surface area contributed by atoms with E-state index in [1.54, 1.807) is 0 Å². The van der Waals surface area contributed by atoms with Gasteiger partial charge >= 0.3 is 0 Å². The summed E-state index contributed by atoms with van der Waals surface area (Å²) in [5.74, 6) is 1.63.